The summed E-state index contributed by atoms with van der Waals surface area (Å²) in [4.78, 5) is 13.0. The molecular weight excluding hydrogens is 382 g/mol. The van der Waals surface area contributed by atoms with Gasteiger partial charge in [-0.15, -0.1) is 0 Å². The van der Waals surface area contributed by atoms with Gasteiger partial charge in [0.15, 0.2) is 11.5 Å². The van der Waals surface area contributed by atoms with E-state index in [0.717, 1.165) is 11.3 Å². The zero-order valence-electron chi connectivity index (χ0n) is 16.7. The SMILES string of the molecule is Cc1ccc(-c2cc3c(=O)n(C[C@H](O)c4ccc5c(c4)OCO5)ccn3n2)cc1C. The van der Waals surface area contributed by atoms with Crippen LogP contribution in [0.1, 0.15) is 22.8 Å². The molecule has 0 amide bonds. The van der Waals surface area contributed by atoms with Crippen molar-refractivity contribution in [2.24, 2.45) is 0 Å². The van der Waals surface area contributed by atoms with Gasteiger partial charge in [-0.25, -0.2) is 4.52 Å². The van der Waals surface area contributed by atoms with Crippen LogP contribution in [0, 0.1) is 13.8 Å². The zero-order chi connectivity index (χ0) is 20.8. The van der Waals surface area contributed by atoms with Gasteiger partial charge in [0.25, 0.3) is 5.56 Å². The summed E-state index contributed by atoms with van der Waals surface area (Å²) in [5.74, 6) is 1.26. The Hall–Kier alpha value is -3.58. The van der Waals surface area contributed by atoms with Gasteiger partial charge in [0.05, 0.1) is 18.3 Å². The lowest BCUT2D eigenvalue weighted by molar-refractivity contribution is 0.154. The van der Waals surface area contributed by atoms with Gasteiger partial charge in [-0.05, 0) is 54.8 Å². The van der Waals surface area contributed by atoms with Crippen LogP contribution >= 0.6 is 0 Å². The quantitative estimate of drug-likeness (QED) is 0.566. The number of aromatic nitrogens is 3. The molecule has 1 aliphatic heterocycles. The Balaban J connectivity index is 1.46. The van der Waals surface area contributed by atoms with Crippen molar-refractivity contribution in [2.45, 2.75) is 26.5 Å². The Bertz CT molecular complexity index is 1320. The summed E-state index contributed by atoms with van der Waals surface area (Å²) in [7, 11) is 0. The molecule has 0 bridgehead atoms. The molecule has 0 saturated heterocycles. The molecule has 30 heavy (non-hydrogen) atoms. The van der Waals surface area contributed by atoms with Crippen molar-refractivity contribution in [1.29, 1.82) is 0 Å². The van der Waals surface area contributed by atoms with Gasteiger partial charge in [-0.2, -0.15) is 5.10 Å². The van der Waals surface area contributed by atoms with Crippen molar-refractivity contribution < 1.29 is 14.6 Å². The van der Waals surface area contributed by atoms with Gasteiger partial charge in [0.1, 0.15) is 5.52 Å². The fourth-order valence-electron chi connectivity index (χ4n) is 3.62. The third-order valence-corrected chi connectivity index (χ3v) is 5.56. The summed E-state index contributed by atoms with van der Waals surface area (Å²) in [6.07, 6.45) is 2.51. The molecule has 0 unspecified atom stereocenters. The Morgan fingerprint density at radius 1 is 1.03 bits per heavy atom. The van der Waals surface area contributed by atoms with E-state index in [1.807, 2.05) is 6.07 Å². The molecule has 4 aromatic rings. The maximum absolute atomic E-state index is 13.0. The molecule has 5 rings (SSSR count). The topological polar surface area (TPSA) is 78.0 Å². The monoisotopic (exact) mass is 403 g/mol. The molecule has 1 N–H and O–H groups in total. The minimum atomic E-state index is -0.859. The highest BCUT2D eigenvalue weighted by molar-refractivity contribution is 5.66. The molecule has 2 aromatic carbocycles. The first-order chi connectivity index (χ1) is 14.5. The first-order valence-corrected chi connectivity index (χ1v) is 9.74. The standard InChI is InChI=1S/C23H21N3O4/c1-14-3-4-16(9-15(14)2)18-11-19-23(28)25(7-8-26(19)24-18)12-20(27)17-5-6-21-22(10-17)30-13-29-21/h3-11,20,27H,12-13H2,1-2H3/t20-/m0/s1. The average Bonchev–Trinajstić information content (AvgIpc) is 3.38. The fourth-order valence-corrected chi connectivity index (χ4v) is 3.62. The number of nitrogens with zero attached hydrogens (tertiary/aromatic N) is 3. The predicted molar refractivity (Wildman–Crippen MR) is 112 cm³/mol. The van der Waals surface area contributed by atoms with E-state index in [1.54, 1.807) is 41.2 Å². The Morgan fingerprint density at radius 2 is 1.87 bits per heavy atom. The first kappa shape index (κ1) is 18.4. The van der Waals surface area contributed by atoms with Crippen molar-refractivity contribution in [3.8, 4) is 22.8 Å². The number of fused-ring (bicyclic) bond motifs is 2. The molecule has 1 atom stereocenters. The molecule has 2 aromatic heterocycles. The molecule has 0 aliphatic carbocycles. The van der Waals surface area contributed by atoms with Crippen LogP contribution in [-0.2, 0) is 6.54 Å². The lowest BCUT2D eigenvalue weighted by Gasteiger charge is -2.13. The minimum absolute atomic E-state index is 0.124. The molecule has 152 valence electrons. The number of hydrogen-bond donors (Lipinski definition) is 1. The number of ether oxygens (including phenoxy) is 2. The molecule has 7 nitrogen and oxygen atoms in total. The lowest BCUT2D eigenvalue weighted by atomic mass is 10.0. The van der Waals surface area contributed by atoms with E-state index in [0.29, 0.717) is 22.6 Å². The van der Waals surface area contributed by atoms with Gasteiger partial charge >= 0.3 is 0 Å². The van der Waals surface area contributed by atoms with Crippen LogP contribution < -0.4 is 15.0 Å². The van der Waals surface area contributed by atoms with Crippen LogP contribution in [0.3, 0.4) is 0 Å². The first-order valence-electron chi connectivity index (χ1n) is 9.74. The highest BCUT2D eigenvalue weighted by atomic mass is 16.7. The molecule has 1 aliphatic rings. The Morgan fingerprint density at radius 3 is 2.70 bits per heavy atom. The Labute approximate surface area is 172 Å². The second-order valence-electron chi connectivity index (χ2n) is 7.54. The summed E-state index contributed by atoms with van der Waals surface area (Å²) >= 11 is 0. The molecule has 0 fully saturated rings. The van der Waals surface area contributed by atoms with Gasteiger partial charge in [-0.1, -0.05) is 18.2 Å². The van der Waals surface area contributed by atoms with Crippen molar-refractivity contribution in [3.05, 3.63) is 81.9 Å². The number of aliphatic hydroxyl groups is 1. The number of hydrogen-bond acceptors (Lipinski definition) is 5. The van der Waals surface area contributed by atoms with E-state index in [1.165, 1.54) is 15.7 Å². The minimum Gasteiger partial charge on any atom is -0.454 e. The van der Waals surface area contributed by atoms with Crippen molar-refractivity contribution in [2.75, 3.05) is 6.79 Å². The van der Waals surface area contributed by atoms with Crippen LogP contribution in [0.25, 0.3) is 16.8 Å². The number of benzene rings is 2. The lowest BCUT2D eigenvalue weighted by Crippen LogP contribution is -2.24. The third-order valence-electron chi connectivity index (χ3n) is 5.56. The average molecular weight is 403 g/mol. The maximum Gasteiger partial charge on any atom is 0.276 e. The van der Waals surface area contributed by atoms with Crippen LogP contribution in [0.4, 0.5) is 0 Å². The zero-order valence-corrected chi connectivity index (χ0v) is 16.7. The number of rotatable bonds is 4. The van der Waals surface area contributed by atoms with E-state index in [4.69, 9.17) is 9.47 Å². The second-order valence-corrected chi connectivity index (χ2v) is 7.54. The number of aliphatic hydroxyl groups excluding tert-OH is 1. The third kappa shape index (κ3) is 3.13. The van der Waals surface area contributed by atoms with Gasteiger partial charge < -0.3 is 19.1 Å². The molecule has 7 heteroatoms. The van der Waals surface area contributed by atoms with Crippen molar-refractivity contribution in [3.63, 3.8) is 0 Å². The highest BCUT2D eigenvalue weighted by Gasteiger charge is 2.18. The smallest absolute Gasteiger partial charge is 0.276 e. The Kier molecular flexibility index (Phi) is 4.33. The summed E-state index contributed by atoms with van der Waals surface area (Å²) in [6, 6.07) is 13.2. The molecular formula is C23H21N3O4. The molecule has 3 heterocycles. The van der Waals surface area contributed by atoms with Gasteiger partial charge in [0.2, 0.25) is 6.79 Å². The summed E-state index contributed by atoms with van der Waals surface area (Å²) in [6.45, 7) is 4.42. The summed E-state index contributed by atoms with van der Waals surface area (Å²) in [5.41, 5.74) is 5.01. The maximum atomic E-state index is 13.0. The summed E-state index contributed by atoms with van der Waals surface area (Å²) in [5, 5.41) is 15.2. The normalized spacial score (nSPS) is 13.7. The van der Waals surface area contributed by atoms with E-state index in [2.05, 4.69) is 31.1 Å². The van der Waals surface area contributed by atoms with Crippen LogP contribution in [0.15, 0.2) is 59.7 Å². The van der Waals surface area contributed by atoms with E-state index in [9.17, 15) is 9.90 Å². The van der Waals surface area contributed by atoms with E-state index in [-0.39, 0.29) is 18.9 Å². The predicted octanol–water partition coefficient (Wildman–Crippen LogP) is 3.24. The van der Waals surface area contributed by atoms with Crippen LogP contribution in [-0.4, -0.2) is 26.1 Å². The molecule has 0 radical (unpaired) electrons. The van der Waals surface area contributed by atoms with Crippen molar-refractivity contribution >= 4 is 5.52 Å². The number of aryl methyl sites for hydroxylation is 2. The van der Waals surface area contributed by atoms with E-state index < -0.39 is 6.10 Å². The second kappa shape index (κ2) is 7.03. The molecule has 0 spiro atoms. The van der Waals surface area contributed by atoms with Gasteiger partial charge in [0, 0.05) is 18.0 Å². The van der Waals surface area contributed by atoms with E-state index >= 15 is 0 Å². The fraction of sp³-hybridized carbons (Fsp3) is 0.217. The van der Waals surface area contributed by atoms with Crippen molar-refractivity contribution in [1.82, 2.24) is 14.2 Å². The molecule has 0 saturated carbocycles. The van der Waals surface area contributed by atoms with Crippen LogP contribution in [0.2, 0.25) is 0 Å². The van der Waals surface area contributed by atoms with Crippen LogP contribution in [0.5, 0.6) is 11.5 Å². The largest absolute Gasteiger partial charge is 0.454 e. The summed E-state index contributed by atoms with van der Waals surface area (Å²) < 4.78 is 13.7. The highest BCUT2D eigenvalue weighted by Crippen LogP contribution is 2.34. The van der Waals surface area contributed by atoms with Gasteiger partial charge in [-0.3, -0.25) is 4.79 Å².